The molecule has 28 heavy (non-hydrogen) atoms. The van der Waals surface area contributed by atoms with E-state index in [0.717, 1.165) is 22.5 Å². The first kappa shape index (κ1) is 19.3. The summed E-state index contributed by atoms with van der Waals surface area (Å²) < 4.78 is 6.73. The number of rotatable bonds is 7. The normalized spacial score (nSPS) is 10.7. The van der Waals surface area contributed by atoms with Crippen molar-refractivity contribution in [2.75, 3.05) is 0 Å². The van der Waals surface area contributed by atoms with Crippen molar-refractivity contribution < 1.29 is 14.1 Å². The second kappa shape index (κ2) is 8.47. The second-order valence-corrected chi connectivity index (χ2v) is 6.41. The molecule has 0 saturated heterocycles. The fourth-order valence-electron chi connectivity index (χ4n) is 2.74. The highest BCUT2D eigenvalue weighted by atomic mass is 16.5. The van der Waals surface area contributed by atoms with Gasteiger partial charge in [-0.3, -0.25) is 14.3 Å². The first-order chi connectivity index (χ1) is 13.4. The number of amides is 2. The van der Waals surface area contributed by atoms with Crippen molar-refractivity contribution in [1.29, 1.82) is 0 Å². The number of carbonyl (C=O) groups is 2. The highest BCUT2D eigenvalue weighted by molar-refractivity contribution is 5.89. The third-order valence-corrected chi connectivity index (χ3v) is 4.40. The number of nitrogens with zero attached hydrogens (tertiary/aromatic N) is 4. The van der Waals surface area contributed by atoms with E-state index in [-0.39, 0.29) is 24.0 Å². The van der Waals surface area contributed by atoms with Crippen molar-refractivity contribution in [3.05, 3.63) is 64.6 Å². The molecule has 2 aromatic heterocycles. The van der Waals surface area contributed by atoms with Gasteiger partial charge < -0.3 is 15.2 Å². The maximum absolute atomic E-state index is 12.2. The van der Waals surface area contributed by atoms with Gasteiger partial charge in [-0.05, 0) is 19.4 Å². The molecule has 1 aromatic carbocycles. The number of hydrogen-bond acceptors (Lipinski definition) is 6. The Labute approximate surface area is 162 Å². The minimum atomic E-state index is -0.494. The van der Waals surface area contributed by atoms with Gasteiger partial charge >= 0.3 is 11.8 Å². The van der Waals surface area contributed by atoms with E-state index < -0.39 is 5.91 Å². The van der Waals surface area contributed by atoms with Gasteiger partial charge in [0, 0.05) is 31.4 Å². The summed E-state index contributed by atoms with van der Waals surface area (Å²) in [6, 6.07) is 9.56. The first-order valence-corrected chi connectivity index (χ1v) is 8.84. The molecular weight excluding hydrogens is 360 g/mol. The van der Waals surface area contributed by atoms with Crippen molar-refractivity contribution in [2.45, 2.75) is 33.4 Å². The number of nitrogens with one attached hydrogen (secondary N) is 2. The van der Waals surface area contributed by atoms with E-state index in [4.69, 9.17) is 4.52 Å². The Morgan fingerprint density at radius 2 is 1.86 bits per heavy atom. The maximum atomic E-state index is 12.2. The summed E-state index contributed by atoms with van der Waals surface area (Å²) in [5.74, 6) is -0.765. The Bertz CT molecular complexity index is 977. The highest BCUT2D eigenvalue weighted by Gasteiger charge is 2.18. The molecule has 3 rings (SSSR count). The van der Waals surface area contributed by atoms with Crippen LogP contribution in [0.1, 0.15) is 39.0 Å². The molecule has 0 atom stereocenters. The van der Waals surface area contributed by atoms with Gasteiger partial charge in [-0.15, -0.1) is 0 Å². The standard InChI is InChI=1S/C19H22N6O3/c1-12-15(13(2)25(3)23-12)11-21-18(27)19-22-16(24-28-19)9-17(26)20-10-14-7-5-4-6-8-14/h4-8H,9-11H2,1-3H3,(H,20,26)(H,21,27). The summed E-state index contributed by atoms with van der Waals surface area (Å²) in [5.41, 5.74) is 3.75. The molecule has 0 spiro atoms. The van der Waals surface area contributed by atoms with Gasteiger partial charge in [-0.25, -0.2) is 0 Å². The summed E-state index contributed by atoms with van der Waals surface area (Å²) in [7, 11) is 1.85. The summed E-state index contributed by atoms with van der Waals surface area (Å²) in [6.07, 6.45) is -0.0650. The zero-order chi connectivity index (χ0) is 20.1. The van der Waals surface area contributed by atoms with E-state index >= 15 is 0 Å². The van der Waals surface area contributed by atoms with Crippen molar-refractivity contribution in [3.63, 3.8) is 0 Å². The van der Waals surface area contributed by atoms with Gasteiger partial charge in [0.15, 0.2) is 5.82 Å². The van der Waals surface area contributed by atoms with Crippen LogP contribution in [-0.2, 0) is 31.4 Å². The average Bonchev–Trinajstić information content (AvgIpc) is 3.24. The molecule has 0 fully saturated rings. The molecule has 3 aromatic rings. The van der Waals surface area contributed by atoms with E-state index in [2.05, 4.69) is 25.9 Å². The van der Waals surface area contributed by atoms with E-state index in [9.17, 15) is 9.59 Å². The van der Waals surface area contributed by atoms with Gasteiger partial charge in [0.25, 0.3) is 0 Å². The molecule has 9 nitrogen and oxygen atoms in total. The Balaban J connectivity index is 1.51. The van der Waals surface area contributed by atoms with Crippen molar-refractivity contribution >= 4 is 11.8 Å². The van der Waals surface area contributed by atoms with Crippen LogP contribution in [0.25, 0.3) is 0 Å². The Morgan fingerprint density at radius 3 is 2.54 bits per heavy atom. The molecule has 146 valence electrons. The molecule has 0 aliphatic heterocycles. The molecule has 0 aliphatic carbocycles. The number of aromatic nitrogens is 4. The quantitative estimate of drug-likeness (QED) is 0.635. The van der Waals surface area contributed by atoms with Crippen LogP contribution in [0.3, 0.4) is 0 Å². The molecule has 2 N–H and O–H groups in total. The fraction of sp³-hybridized carbons (Fsp3) is 0.316. The Morgan fingerprint density at radius 1 is 1.11 bits per heavy atom. The van der Waals surface area contributed by atoms with Gasteiger partial charge in [-0.1, -0.05) is 35.5 Å². The molecule has 0 unspecified atom stereocenters. The zero-order valence-electron chi connectivity index (χ0n) is 16.0. The Hall–Kier alpha value is -3.49. The van der Waals surface area contributed by atoms with Crippen LogP contribution in [0, 0.1) is 13.8 Å². The molecule has 2 amide bonds. The van der Waals surface area contributed by atoms with Gasteiger partial charge in [0.05, 0.1) is 12.1 Å². The fourth-order valence-corrected chi connectivity index (χ4v) is 2.74. The van der Waals surface area contributed by atoms with Crippen LogP contribution in [0.15, 0.2) is 34.9 Å². The molecule has 0 saturated carbocycles. The van der Waals surface area contributed by atoms with Gasteiger partial charge in [0.1, 0.15) is 0 Å². The lowest BCUT2D eigenvalue weighted by atomic mass is 10.2. The van der Waals surface area contributed by atoms with Crippen LogP contribution >= 0.6 is 0 Å². The number of hydrogen-bond donors (Lipinski definition) is 2. The molecule has 2 heterocycles. The zero-order valence-corrected chi connectivity index (χ0v) is 16.0. The summed E-state index contributed by atoms with van der Waals surface area (Å²) in [6.45, 7) is 4.53. The van der Waals surface area contributed by atoms with Crippen molar-refractivity contribution in [3.8, 4) is 0 Å². The van der Waals surface area contributed by atoms with E-state index in [1.807, 2.05) is 51.2 Å². The lowest BCUT2D eigenvalue weighted by Gasteiger charge is -2.03. The molecule has 0 radical (unpaired) electrons. The molecule has 9 heteroatoms. The minimum Gasteiger partial charge on any atom is -0.352 e. The van der Waals surface area contributed by atoms with Gasteiger partial charge in [0.2, 0.25) is 5.91 Å². The molecule has 0 bridgehead atoms. The third kappa shape index (κ3) is 4.61. The largest absolute Gasteiger partial charge is 0.352 e. The summed E-state index contributed by atoms with van der Waals surface area (Å²) >= 11 is 0. The molecule has 0 aliphatic rings. The first-order valence-electron chi connectivity index (χ1n) is 8.84. The van der Waals surface area contributed by atoms with Crippen molar-refractivity contribution in [1.82, 2.24) is 30.6 Å². The number of aryl methyl sites for hydroxylation is 2. The van der Waals surface area contributed by atoms with E-state index in [1.54, 1.807) is 4.68 Å². The average molecular weight is 382 g/mol. The number of benzene rings is 1. The van der Waals surface area contributed by atoms with Crippen LogP contribution < -0.4 is 10.6 Å². The number of carbonyl (C=O) groups excluding carboxylic acids is 2. The third-order valence-electron chi connectivity index (χ3n) is 4.40. The van der Waals surface area contributed by atoms with Gasteiger partial charge in [-0.2, -0.15) is 10.1 Å². The van der Waals surface area contributed by atoms with Crippen LogP contribution in [-0.4, -0.2) is 31.7 Å². The second-order valence-electron chi connectivity index (χ2n) is 6.41. The predicted octanol–water partition coefficient (Wildman–Crippen LogP) is 1.21. The van der Waals surface area contributed by atoms with Crippen LogP contribution in [0.2, 0.25) is 0 Å². The lowest BCUT2D eigenvalue weighted by Crippen LogP contribution is -2.25. The smallest absolute Gasteiger partial charge is 0.315 e. The van der Waals surface area contributed by atoms with E-state index in [0.29, 0.717) is 13.1 Å². The Kier molecular flexibility index (Phi) is 5.83. The monoisotopic (exact) mass is 382 g/mol. The van der Waals surface area contributed by atoms with E-state index in [1.165, 1.54) is 0 Å². The predicted molar refractivity (Wildman–Crippen MR) is 100 cm³/mol. The minimum absolute atomic E-state index is 0.0650. The lowest BCUT2D eigenvalue weighted by molar-refractivity contribution is -0.120. The summed E-state index contributed by atoms with van der Waals surface area (Å²) in [5, 5.41) is 13.5. The topological polar surface area (TPSA) is 115 Å². The maximum Gasteiger partial charge on any atom is 0.315 e. The highest BCUT2D eigenvalue weighted by Crippen LogP contribution is 2.11. The SMILES string of the molecule is Cc1nn(C)c(C)c1CNC(=O)c1nc(CC(=O)NCc2ccccc2)no1. The van der Waals surface area contributed by atoms with Crippen molar-refractivity contribution in [2.24, 2.45) is 7.05 Å². The van der Waals surface area contributed by atoms with Crippen LogP contribution in [0.5, 0.6) is 0 Å². The summed E-state index contributed by atoms with van der Waals surface area (Å²) in [4.78, 5) is 28.2. The molecular formula is C19H22N6O3. The van der Waals surface area contributed by atoms with Crippen LogP contribution in [0.4, 0.5) is 0 Å².